The van der Waals surface area contributed by atoms with E-state index in [1.807, 2.05) is 20.8 Å². The van der Waals surface area contributed by atoms with Crippen LogP contribution < -0.4 is 0 Å². The molecular formula is C13H13ClN2. The summed E-state index contributed by atoms with van der Waals surface area (Å²) in [6.07, 6.45) is 0.277. The summed E-state index contributed by atoms with van der Waals surface area (Å²) in [4.78, 5) is 0. The molecule has 0 aromatic heterocycles. The number of benzene rings is 1. The van der Waals surface area contributed by atoms with Crippen molar-refractivity contribution < 1.29 is 0 Å². The van der Waals surface area contributed by atoms with Crippen molar-refractivity contribution in [1.29, 1.82) is 10.5 Å². The van der Waals surface area contributed by atoms with Crippen LogP contribution in [0.15, 0.2) is 12.1 Å². The fourth-order valence-corrected chi connectivity index (χ4v) is 2.23. The summed E-state index contributed by atoms with van der Waals surface area (Å²) in [5.41, 5.74) is 2.02. The van der Waals surface area contributed by atoms with Gasteiger partial charge >= 0.3 is 0 Å². The summed E-state index contributed by atoms with van der Waals surface area (Å²) in [6, 6.07) is 7.72. The Morgan fingerprint density at radius 2 is 1.88 bits per heavy atom. The van der Waals surface area contributed by atoms with E-state index in [2.05, 4.69) is 12.1 Å². The first-order valence-corrected chi connectivity index (χ1v) is 5.38. The smallest absolute Gasteiger partial charge is 0.0995 e. The minimum absolute atomic E-state index is 0.173. The molecule has 2 nitrogen and oxygen atoms in total. The molecule has 82 valence electrons. The third-order valence-corrected chi connectivity index (χ3v) is 2.60. The van der Waals surface area contributed by atoms with E-state index in [1.54, 1.807) is 12.1 Å². The van der Waals surface area contributed by atoms with Crippen molar-refractivity contribution in [2.75, 3.05) is 0 Å². The SMILES string of the molecule is CC(C)(C)c1c(Cl)cc(CC#N)cc1C#N. The Morgan fingerprint density at radius 1 is 1.25 bits per heavy atom. The van der Waals surface area contributed by atoms with Crippen LogP contribution in [-0.2, 0) is 11.8 Å². The number of nitrogens with zero attached hydrogens (tertiary/aromatic N) is 2. The zero-order chi connectivity index (χ0) is 12.3. The number of hydrogen-bond acceptors (Lipinski definition) is 2. The third kappa shape index (κ3) is 2.54. The summed E-state index contributed by atoms with van der Waals surface area (Å²) in [7, 11) is 0. The van der Waals surface area contributed by atoms with Crippen LogP contribution in [0.2, 0.25) is 5.02 Å². The van der Waals surface area contributed by atoms with Gasteiger partial charge in [0.1, 0.15) is 0 Å². The van der Waals surface area contributed by atoms with Crippen molar-refractivity contribution >= 4 is 11.6 Å². The maximum Gasteiger partial charge on any atom is 0.0995 e. The maximum absolute atomic E-state index is 9.11. The van der Waals surface area contributed by atoms with E-state index in [1.165, 1.54) is 0 Å². The van der Waals surface area contributed by atoms with Crippen molar-refractivity contribution in [3.63, 3.8) is 0 Å². The second-order valence-electron chi connectivity index (χ2n) is 4.70. The minimum atomic E-state index is -0.173. The Hall–Kier alpha value is -1.51. The largest absolute Gasteiger partial charge is 0.198 e. The summed E-state index contributed by atoms with van der Waals surface area (Å²) >= 11 is 6.17. The fraction of sp³-hybridized carbons (Fsp3) is 0.385. The van der Waals surface area contributed by atoms with Crippen molar-refractivity contribution in [3.8, 4) is 12.1 Å². The molecule has 0 aliphatic rings. The number of halogens is 1. The lowest BCUT2D eigenvalue weighted by atomic mass is 9.83. The first-order chi connectivity index (χ1) is 7.40. The van der Waals surface area contributed by atoms with Crippen LogP contribution in [0.4, 0.5) is 0 Å². The van der Waals surface area contributed by atoms with Crippen molar-refractivity contribution in [1.82, 2.24) is 0 Å². The van der Waals surface area contributed by atoms with E-state index in [0.29, 0.717) is 10.6 Å². The molecule has 0 atom stereocenters. The maximum atomic E-state index is 9.11. The molecule has 1 aromatic rings. The van der Waals surface area contributed by atoms with E-state index >= 15 is 0 Å². The van der Waals surface area contributed by atoms with Gasteiger partial charge in [-0.2, -0.15) is 10.5 Å². The van der Waals surface area contributed by atoms with E-state index in [9.17, 15) is 0 Å². The predicted molar refractivity (Wildman–Crippen MR) is 64.2 cm³/mol. The second-order valence-corrected chi connectivity index (χ2v) is 5.10. The standard InChI is InChI=1S/C13H13ClN2/c1-13(2,3)12-10(8-16)6-9(4-5-15)7-11(12)14/h6-7H,4H2,1-3H3. The molecule has 0 fully saturated rings. The van der Waals surface area contributed by atoms with Crippen LogP contribution in [0.25, 0.3) is 0 Å². The van der Waals surface area contributed by atoms with Crippen LogP contribution >= 0.6 is 11.6 Å². The molecule has 1 aromatic carbocycles. The molecule has 0 N–H and O–H groups in total. The highest BCUT2D eigenvalue weighted by Gasteiger charge is 2.22. The van der Waals surface area contributed by atoms with Gasteiger partial charge in [0.25, 0.3) is 0 Å². The molecule has 0 bridgehead atoms. The number of nitriles is 2. The summed E-state index contributed by atoms with van der Waals surface area (Å²) in [5, 5.41) is 18.3. The average molecular weight is 233 g/mol. The van der Waals surface area contributed by atoms with Crippen molar-refractivity contribution in [2.24, 2.45) is 0 Å². The Balaban J connectivity index is 3.44. The monoisotopic (exact) mass is 232 g/mol. The Morgan fingerprint density at radius 3 is 2.31 bits per heavy atom. The van der Waals surface area contributed by atoms with Crippen molar-refractivity contribution in [3.05, 3.63) is 33.8 Å². The van der Waals surface area contributed by atoms with Crippen LogP contribution in [0, 0.1) is 22.7 Å². The first kappa shape index (κ1) is 12.6. The van der Waals surface area contributed by atoms with E-state index < -0.39 is 0 Å². The van der Waals surface area contributed by atoms with Gasteiger partial charge in [-0.3, -0.25) is 0 Å². The van der Waals surface area contributed by atoms with Crippen LogP contribution in [0.3, 0.4) is 0 Å². The molecule has 0 saturated heterocycles. The Bertz CT molecular complexity index is 484. The lowest BCUT2D eigenvalue weighted by Gasteiger charge is -2.22. The average Bonchev–Trinajstić information content (AvgIpc) is 2.15. The zero-order valence-electron chi connectivity index (χ0n) is 9.63. The minimum Gasteiger partial charge on any atom is -0.198 e. The van der Waals surface area contributed by atoms with Crippen LogP contribution in [0.1, 0.15) is 37.5 Å². The van der Waals surface area contributed by atoms with Gasteiger partial charge in [-0.25, -0.2) is 0 Å². The molecule has 3 heteroatoms. The van der Waals surface area contributed by atoms with Gasteiger partial charge in [0.05, 0.1) is 24.1 Å². The molecule has 1 rings (SSSR count). The predicted octanol–water partition coefficient (Wildman–Crippen LogP) is 3.58. The summed E-state index contributed by atoms with van der Waals surface area (Å²) in [5.74, 6) is 0. The molecule has 0 aliphatic carbocycles. The third-order valence-electron chi connectivity index (χ3n) is 2.30. The van der Waals surface area contributed by atoms with Gasteiger partial charge in [0.2, 0.25) is 0 Å². The van der Waals surface area contributed by atoms with Gasteiger partial charge in [0.15, 0.2) is 0 Å². The Kier molecular flexibility index (Phi) is 3.58. The van der Waals surface area contributed by atoms with Gasteiger partial charge in [-0.15, -0.1) is 0 Å². The summed E-state index contributed by atoms with van der Waals surface area (Å²) in [6.45, 7) is 6.04. The lowest BCUT2D eigenvalue weighted by Crippen LogP contribution is -2.14. The topological polar surface area (TPSA) is 47.6 Å². The van der Waals surface area contributed by atoms with Gasteiger partial charge in [0, 0.05) is 5.02 Å². The molecule has 0 radical (unpaired) electrons. The van der Waals surface area contributed by atoms with Crippen LogP contribution in [-0.4, -0.2) is 0 Å². The summed E-state index contributed by atoms with van der Waals surface area (Å²) < 4.78 is 0. The van der Waals surface area contributed by atoms with Gasteiger partial charge in [-0.05, 0) is 28.7 Å². The highest BCUT2D eigenvalue weighted by molar-refractivity contribution is 6.31. The number of rotatable bonds is 1. The fourth-order valence-electron chi connectivity index (χ4n) is 1.71. The zero-order valence-corrected chi connectivity index (χ0v) is 10.4. The Labute approximate surface area is 101 Å². The molecular weight excluding hydrogens is 220 g/mol. The lowest BCUT2D eigenvalue weighted by molar-refractivity contribution is 0.588. The molecule has 0 spiro atoms. The highest BCUT2D eigenvalue weighted by Crippen LogP contribution is 2.33. The van der Waals surface area contributed by atoms with Gasteiger partial charge in [-0.1, -0.05) is 32.4 Å². The second kappa shape index (κ2) is 4.56. The molecule has 0 heterocycles. The normalized spacial score (nSPS) is 10.6. The molecule has 0 unspecified atom stereocenters. The van der Waals surface area contributed by atoms with Crippen LogP contribution in [0.5, 0.6) is 0 Å². The highest BCUT2D eigenvalue weighted by atomic mass is 35.5. The van der Waals surface area contributed by atoms with Gasteiger partial charge < -0.3 is 0 Å². The molecule has 0 aliphatic heterocycles. The van der Waals surface area contributed by atoms with E-state index in [4.69, 9.17) is 22.1 Å². The van der Waals surface area contributed by atoms with Crippen molar-refractivity contribution in [2.45, 2.75) is 32.6 Å². The van der Waals surface area contributed by atoms with E-state index in [0.717, 1.165) is 11.1 Å². The number of hydrogen-bond donors (Lipinski definition) is 0. The molecule has 16 heavy (non-hydrogen) atoms. The molecule has 0 saturated carbocycles. The van der Waals surface area contributed by atoms with E-state index in [-0.39, 0.29) is 11.8 Å². The first-order valence-electron chi connectivity index (χ1n) is 5.00. The molecule has 0 amide bonds. The quantitative estimate of drug-likeness (QED) is 0.743.